The quantitative estimate of drug-likeness (QED) is 0.360. The maximum atomic E-state index is 12.3. The summed E-state index contributed by atoms with van der Waals surface area (Å²) in [5.41, 5.74) is 3.96. The van der Waals surface area contributed by atoms with Crippen molar-refractivity contribution in [3.63, 3.8) is 0 Å². The van der Waals surface area contributed by atoms with Gasteiger partial charge in [0.1, 0.15) is 11.5 Å². The van der Waals surface area contributed by atoms with Crippen LogP contribution in [0.4, 0.5) is 5.69 Å². The minimum atomic E-state index is -0.426. The number of nitrogens with one attached hydrogen (secondary N) is 2. The molecule has 0 saturated carbocycles. The minimum Gasteiger partial charge on any atom is -0.497 e. The lowest BCUT2D eigenvalue weighted by atomic mass is 10.2. The van der Waals surface area contributed by atoms with Crippen LogP contribution in [0, 0.1) is 3.57 Å². The van der Waals surface area contributed by atoms with Crippen LogP contribution in [0.15, 0.2) is 47.6 Å². The lowest BCUT2D eigenvalue weighted by Gasteiger charge is -2.08. The molecular weight excluding hydrogens is 461 g/mol. The molecule has 0 radical (unpaired) electrons. The monoisotopic (exact) mass is 481 g/mol. The number of ether oxygens (including phenoxy) is 2. The van der Waals surface area contributed by atoms with Crippen LogP contribution in [-0.2, 0) is 4.79 Å². The number of anilines is 1. The Balaban J connectivity index is 1.95. The van der Waals surface area contributed by atoms with E-state index in [1.54, 1.807) is 25.1 Å². The number of carbonyl (C=O) groups excluding carboxylic acids is 2. The predicted molar refractivity (Wildman–Crippen MR) is 113 cm³/mol. The summed E-state index contributed by atoms with van der Waals surface area (Å²) in [5, 5.41) is 6.76. The van der Waals surface area contributed by atoms with Gasteiger partial charge in [0.2, 0.25) is 5.91 Å². The summed E-state index contributed by atoms with van der Waals surface area (Å²) in [7, 11) is 3.01. The number of rotatable bonds is 7. The molecule has 2 N–H and O–H groups in total. The summed E-state index contributed by atoms with van der Waals surface area (Å²) >= 11 is 2.19. The van der Waals surface area contributed by atoms with Gasteiger partial charge in [-0.3, -0.25) is 9.59 Å². The molecule has 7 nitrogen and oxygen atoms in total. The van der Waals surface area contributed by atoms with E-state index in [0.717, 1.165) is 3.57 Å². The number of halogens is 1. The molecule has 0 saturated heterocycles. The Kier molecular flexibility index (Phi) is 7.59. The third-order valence-corrected chi connectivity index (χ3v) is 4.23. The normalized spacial score (nSPS) is 10.9. The fourth-order valence-corrected chi connectivity index (χ4v) is 2.52. The van der Waals surface area contributed by atoms with Crippen LogP contribution >= 0.6 is 22.6 Å². The number of hydrazone groups is 1. The Morgan fingerprint density at radius 3 is 2.19 bits per heavy atom. The van der Waals surface area contributed by atoms with Crippen LogP contribution in [0.3, 0.4) is 0 Å². The van der Waals surface area contributed by atoms with Gasteiger partial charge in [0.05, 0.1) is 20.6 Å². The highest BCUT2D eigenvalue weighted by Crippen LogP contribution is 2.22. The Labute approximate surface area is 171 Å². The molecule has 0 aliphatic carbocycles. The third kappa shape index (κ3) is 6.55. The standard InChI is InChI=1S/C19H20IN3O4/c1-12(8-18(24)21-15-6-4-14(20)5-7-15)22-23-19(25)13-9-16(26-2)11-17(10-13)27-3/h4-7,9-11H,8H2,1-3H3,(H,21,24)(H,23,25)/b22-12+. The van der Waals surface area contributed by atoms with Gasteiger partial charge in [0.25, 0.3) is 5.91 Å². The number of hydrogen-bond donors (Lipinski definition) is 2. The lowest BCUT2D eigenvalue weighted by molar-refractivity contribution is -0.115. The Hall–Kier alpha value is -2.62. The van der Waals surface area contributed by atoms with Gasteiger partial charge >= 0.3 is 0 Å². The lowest BCUT2D eigenvalue weighted by Crippen LogP contribution is -2.21. The van der Waals surface area contributed by atoms with E-state index in [-0.39, 0.29) is 12.3 Å². The molecule has 2 amide bonds. The van der Waals surface area contributed by atoms with E-state index in [4.69, 9.17) is 9.47 Å². The summed E-state index contributed by atoms with van der Waals surface area (Å²) in [6.45, 7) is 1.67. The first-order valence-corrected chi connectivity index (χ1v) is 9.11. The van der Waals surface area contributed by atoms with E-state index in [2.05, 4.69) is 38.4 Å². The number of hydrogen-bond acceptors (Lipinski definition) is 5. The van der Waals surface area contributed by atoms with Gasteiger partial charge in [-0.25, -0.2) is 5.43 Å². The van der Waals surface area contributed by atoms with Gasteiger partial charge in [-0.1, -0.05) is 0 Å². The number of amides is 2. The van der Waals surface area contributed by atoms with E-state index >= 15 is 0 Å². The average molecular weight is 481 g/mol. The average Bonchev–Trinajstić information content (AvgIpc) is 2.67. The van der Waals surface area contributed by atoms with Gasteiger partial charge in [-0.05, 0) is 65.9 Å². The number of methoxy groups -OCH3 is 2. The highest BCUT2D eigenvalue weighted by atomic mass is 127. The molecule has 0 heterocycles. The van der Waals surface area contributed by atoms with Crippen LogP contribution < -0.4 is 20.2 Å². The van der Waals surface area contributed by atoms with Crippen molar-refractivity contribution in [3.8, 4) is 11.5 Å². The van der Waals surface area contributed by atoms with Crippen molar-refractivity contribution in [3.05, 3.63) is 51.6 Å². The van der Waals surface area contributed by atoms with Gasteiger partial charge in [-0.2, -0.15) is 5.10 Å². The van der Waals surface area contributed by atoms with Crippen molar-refractivity contribution in [1.29, 1.82) is 0 Å². The maximum absolute atomic E-state index is 12.3. The number of nitrogens with zero attached hydrogens (tertiary/aromatic N) is 1. The van der Waals surface area contributed by atoms with Crippen molar-refractivity contribution in [1.82, 2.24) is 5.43 Å². The Bertz CT molecular complexity index is 828. The summed E-state index contributed by atoms with van der Waals surface area (Å²) in [4.78, 5) is 24.3. The Morgan fingerprint density at radius 2 is 1.63 bits per heavy atom. The molecule has 0 aliphatic heterocycles. The molecule has 0 fully saturated rings. The van der Waals surface area contributed by atoms with E-state index in [1.807, 2.05) is 24.3 Å². The highest BCUT2D eigenvalue weighted by Gasteiger charge is 2.10. The second kappa shape index (κ2) is 9.91. The van der Waals surface area contributed by atoms with Crippen molar-refractivity contribution in [2.45, 2.75) is 13.3 Å². The van der Waals surface area contributed by atoms with Crippen LogP contribution in [0.25, 0.3) is 0 Å². The zero-order chi connectivity index (χ0) is 19.8. The van der Waals surface area contributed by atoms with Crippen LogP contribution in [-0.4, -0.2) is 31.7 Å². The predicted octanol–water partition coefficient (Wildman–Crippen LogP) is 3.44. The van der Waals surface area contributed by atoms with Crippen molar-refractivity contribution < 1.29 is 19.1 Å². The van der Waals surface area contributed by atoms with Gasteiger partial charge in [-0.15, -0.1) is 0 Å². The van der Waals surface area contributed by atoms with E-state index < -0.39 is 5.91 Å². The molecule has 0 spiro atoms. The molecule has 0 unspecified atom stereocenters. The summed E-state index contributed by atoms with van der Waals surface area (Å²) < 4.78 is 11.4. The molecule has 2 rings (SSSR count). The molecule has 0 aromatic heterocycles. The van der Waals surface area contributed by atoms with E-state index in [0.29, 0.717) is 28.5 Å². The molecule has 0 atom stereocenters. The zero-order valence-electron chi connectivity index (χ0n) is 15.2. The highest BCUT2D eigenvalue weighted by molar-refractivity contribution is 14.1. The Morgan fingerprint density at radius 1 is 1.04 bits per heavy atom. The first-order valence-electron chi connectivity index (χ1n) is 8.03. The number of carbonyl (C=O) groups is 2. The molecule has 0 bridgehead atoms. The molecular formula is C19H20IN3O4. The first-order chi connectivity index (χ1) is 12.9. The maximum Gasteiger partial charge on any atom is 0.271 e. The third-order valence-electron chi connectivity index (χ3n) is 3.51. The van der Waals surface area contributed by atoms with E-state index in [9.17, 15) is 9.59 Å². The molecule has 27 heavy (non-hydrogen) atoms. The van der Waals surface area contributed by atoms with Crippen LogP contribution in [0.2, 0.25) is 0 Å². The second-order valence-electron chi connectivity index (χ2n) is 5.62. The second-order valence-corrected chi connectivity index (χ2v) is 6.87. The molecule has 8 heteroatoms. The summed E-state index contributed by atoms with van der Waals surface area (Å²) in [6.07, 6.45) is 0.0632. The first kappa shape index (κ1) is 20.7. The molecule has 0 aliphatic rings. The smallest absolute Gasteiger partial charge is 0.271 e. The van der Waals surface area contributed by atoms with Gasteiger partial charge in [0.15, 0.2) is 0 Å². The number of benzene rings is 2. The molecule has 2 aromatic rings. The van der Waals surface area contributed by atoms with Gasteiger partial charge in [0, 0.05) is 26.6 Å². The summed E-state index contributed by atoms with van der Waals surface area (Å²) in [6, 6.07) is 12.3. The topological polar surface area (TPSA) is 89.0 Å². The summed E-state index contributed by atoms with van der Waals surface area (Å²) in [5.74, 6) is 0.355. The van der Waals surface area contributed by atoms with Crippen LogP contribution in [0.5, 0.6) is 11.5 Å². The fourth-order valence-electron chi connectivity index (χ4n) is 2.16. The molecule has 142 valence electrons. The van der Waals surface area contributed by atoms with Crippen molar-refractivity contribution in [2.24, 2.45) is 5.10 Å². The minimum absolute atomic E-state index is 0.0632. The van der Waals surface area contributed by atoms with Crippen molar-refractivity contribution in [2.75, 3.05) is 19.5 Å². The SMILES string of the molecule is COc1cc(OC)cc(C(=O)N/N=C(\C)CC(=O)Nc2ccc(I)cc2)c1. The largest absolute Gasteiger partial charge is 0.497 e. The van der Waals surface area contributed by atoms with Gasteiger partial charge < -0.3 is 14.8 Å². The van der Waals surface area contributed by atoms with E-state index in [1.165, 1.54) is 14.2 Å². The molecule has 2 aromatic carbocycles. The van der Waals surface area contributed by atoms with Crippen molar-refractivity contribution >= 4 is 45.8 Å². The zero-order valence-corrected chi connectivity index (χ0v) is 17.4. The fraction of sp³-hybridized carbons (Fsp3) is 0.211. The van der Waals surface area contributed by atoms with Crippen LogP contribution in [0.1, 0.15) is 23.7 Å².